The quantitative estimate of drug-likeness (QED) is 0.674. The molecular formula is C14H29N. The lowest BCUT2D eigenvalue weighted by Crippen LogP contribution is -2.34. The molecule has 0 radical (unpaired) electrons. The van der Waals surface area contributed by atoms with Gasteiger partial charge in [-0.15, -0.1) is 0 Å². The zero-order valence-electron chi connectivity index (χ0n) is 11.3. The molecule has 0 heterocycles. The van der Waals surface area contributed by atoms with Gasteiger partial charge in [-0.3, -0.25) is 0 Å². The van der Waals surface area contributed by atoms with Crippen LogP contribution in [0.4, 0.5) is 0 Å². The van der Waals surface area contributed by atoms with Crippen LogP contribution in [-0.4, -0.2) is 12.6 Å². The van der Waals surface area contributed by atoms with Crippen molar-refractivity contribution >= 4 is 0 Å². The van der Waals surface area contributed by atoms with Crippen LogP contribution < -0.4 is 5.32 Å². The normalized spacial score (nSPS) is 25.6. The van der Waals surface area contributed by atoms with Crippen molar-refractivity contribution in [2.75, 3.05) is 6.54 Å². The SMILES string of the molecule is CCNC(CC(CC)CC)C1CC1(C)C. The monoisotopic (exact) mass is 211 g/mol. The zero-order valence-corrected chi connectivity index (χ0v) is 11.3. The second-order valence-corrected chi connectivity index (χ2v) is 5.88. The van der Waals surface area contributed by atoms with E-state index in [0.717, 1.165) is 24.4 Å². The van der Waals surface area contributed by atoms with Crippen molar-refractivity contribution in [3.63, 3.8) is 0 Å². The number of rotatable bonds is 7. The smallest absolute Gasteiger partial charge is 0.0103 e. The lowest BCUT2D eigenvalue weighted by Gasteiger charge is -2.24. The zero-order chi connectivity index (χ0) is 11.5. The van der Waals surface area contributed by atoms with Gasteiger partial charge in [-0.1, -0.05) is 47.5 Å². The molecule has 1 aliphatic rings. The van der Waals surface area contributed by atoms with Crippen LogP contribution in [0.15, 0.2) is 0 Å². The van der Waals surface area contributed by atoms with E-state index in [0.29, 0.717) is 5.41 Å². The number of hydrogen-bond acceptors (Lipinski definition) is 1. The Balaban J connectivity index is 2.44. The summed E-state index contributed by atoms with van der Waals surface area (Å²) in [6.45, 7) is 12.8. The van der Waals surface area contributed by atoms with Gasteiger partial charge in [0.25, 0.3) is 0 Å². The predicted octanol–water partition coefficient (Wildman–Crippen LogP) is 3.84. The third-order valence-electron chi connectivity index (χ3n) is 4.28. The van der Waals surface area contributed by atoms with Crippen molar-refractivity contribution in [1.29, 1.82) is 0 Å². The standard InChI is InChI=1S/C14H29N/c1-6-11(7-2)9-13(15-8-3)12-10-14(12,4)5/h11-13,15H,6-10H2,1-5H3. The lowest BCUT2D eigenvalue weighted by molar-refractivity contribution is 0.320. The Labute approximate surface area is 96.0 Å². The molecule has 0 bridgehead atoms. The second-order valence-electron chi connectivity index (χ2n) is 5.88. The molecule has 1 nitrogen and oxygen atoms in total. The second kappa shape index (κ2) is 5.34. The highest BCUT2D eigenvalue weighted by molar-refractivity contribution is 5.02. The summed E-state index contributed by atoms with van der Waals surface area (Å²) >= 11 is 0. The van der Waals surface area contributed by atoms with Gasteiger partial charge >= 0.3 is 0 Å². The maximum Gasteiger partial charge on any atom is 0.0103 e. The summed E-state index contributed by atoms with van der Waals surface area (Å²) < 4.78 is 0. The molecule has 1 fully saturated rings. The van der Waals surface area contributed by atoms with Gasteiger partial charge in [0.05, 0.1) is 0 Å². The fraction of sp³-hybridized carbons (Fsp3) is 1.00. The summed E-state index contributed by atoms with van der Waals surface area (Å²) in [7, 11) is 0. The maximum absolute atomic E-state index is 3.70. The van der Waals surface area contributed by atoms with Gasteiger partial charge < -0.3 is 5.32 Å². The lowest BCUT2D eigenvalue weighted by atomic mass is 9.90. The molecule has 0 saturated heterocycles. The van der Waals surface area contributed by atoms with E-state index in [2.05, 4.69) is 39.9 Å². The molecule has 90 valence electrons. The minimum Gasteiger partial charge on any atom is -0.314 e. The predicted molar refractivity (Wildman–Crippen MR) is 68.0 cm³/mol. The fourth-order valence-electron chi connectivity index (χ4n) is 2.83. The van der Waals surface area contributed by atoms with Crippen LogP contribution in [-0.2, 0) is 0 Å². The number of nitrogens with one attached hydrogen (secondary N) is 1. The molecule has 1 rings (SSSR count). The third-order valence-corrected chi connectivity index (χ3v) is 4.28. The first kappa shape index (κ1) is 13.0. The minimum absolute atomic E-state index is 0.610. The Hall–Kier alpha value is -0.0400. The molecule has 0 aliphatic heterocycles. The van der Waals surface area contributed by atoms with E-state index >= 15 is 0 Å². The Kier molecular flexibility index (Phi) is 4.64. The summed E-state index contributed by atoms with van der Waals surface area (Å²) in [5.74, 6) is 1.85. The van der Waals surface area contributed by atoms with Crippen LogP contribution in [0.1, 0.15) is 60.3 Å². The van der Waals surface area contributed by atoms with E-state index in [9.17, 15) is 0 Å². The summed E-state index contributed by atoms with van der Waals surface area (Å²) in [5.41, 5.74) is 0.610. The van der Waals surface area contributed by atoms with Gasteiger partial charge in [-0.05, 0) is 36.6 Å². The molecule has 1 saturated carbocycles. The first-order valence-electron chi connectivity index (χ1n) is 6.78. The van der Waals surface area contributed by atoms with Crippen molar-refractivity contribution in [3.05, 3.63) is 0 Å². The Morgan fingerprint density at radius 3 is 2.07 bits per heavy atom. The van der Waals surface area contributed by atoms with Gasteiger partial charge in [0, 0.05) is 6.04 Å². The van der Waals surface area contributed by atoms with Crippen molar-refractivity contribution < 1.29 is 0 Å². The molecule has 1 heteroatoms. The Bertz CT molecular complexity index is 182. The van der Waals surface area contributed by atoms with E-state index in [1.54, 1.807) is 0 Å². The Morgan fingerprint density at radius 1 is 1.20 bits per heavy atom. The highest BCUT2D eigenvalue weighted by atomic mass is 14.9. The van der Waals surface area contributed by atoms with Gasteiger partial charge in [0.1, 0.15) is 0 Å². The molecule has 15 heavy (non-hydrogen) atoms. The first-order valence-corrected chi connectivity index (χ1v) is 6.78. The van der Waals surface area contributed by atoms with E-state index in [1.807, 2.05) is 0 Å². The molecule has 0 spiro atoms. The molecular weight excluding hydrogens is 182 g/mol. The summed E-state index contributed by atoms with van der Waals surface area (Å²) in [5, 5.41) is 3.70. The largest absolute Gasteiger partial charge is 0.314 e. The summed E-state index contributed by atoms with van der Waals surface area (Å²) in [6.07, 6.45) is 5.48. The third kappa shape index (κ3) is 3.48. The van der Waals surface area contributed by atoms with Crippen LogP contribution in [0.3, 0.4) is 0 Å². The molecule has 2 unspecified atom stereocenters. The fourth-order valence-corrected chi connectivity index (χ4v) is 2.83. The van der Waals surface area contributed by atoms with Crippen LogP contribution in [0.2, 0.25) is 0 Å². The summed E-state index contributed by atoms with van der Waals surface area (Å²) in [6, 6.07) is 0.773. The van der Waals surface area contributed by atoms with Crippen LogP contribution in [0, 0.1) is 17.3 Å². The van der Waals surface area contributed by atoms with Crippen molar-refractivity contribution in [2.24, 2.45) is 17.3 Å². The van der Waals surface area contributed by atoms with E-state index in [-0.39, 0.29) is 0 Å². The van der Waals surface area contributed by atoms with Gasteiger partial charge in [0.2, 0.25) is 0 Å². The van der Waals surface area contributed by atoms with Crippen LogP contribution in [0.25, 0.3) is 0 Å². The van der Waals surface area contributed by atoms with E-state index in [1.165, 1.54) is 25.7 Å². The highest BCUT2D eigenvalue weighted by Crippen LogP contribution is 2.54. The van der Waals surface area contributed by atoms with Gasteiger partial charge in [0.15, 0.2) is 0 Å². The Morgan fingerprint density at radius 2 is 1.73 bits per heavy atom. The molecule has 1 aliphatic carbocycles. The van der Waals surface area contributed by atoms with Crippen LogP contribution >= 0.6 is 0 Å². The molecule has 1 N–H and O–H groups in total. The van der Waals surface area contributed by atoms with Crippen LogP contribution in [0.5, 0.6) is 0 Å². The highest BCUT2D eigenvalue weighted by Gasteiger charge is 2.49. The van der Waals surface area contributed by atoms with Gasteiger partial charge in [-0.2, -0.15) is 0 Å². The van der Waals surface area contributed by atoms with E-state index in [4.69, 9.17) is 0 Å². The summed E-state index contributed by atoms with van der Waals surface area (Å²) in [4.78, 5) is 0. The molecule has 0 aromatic rings. The maximum atomic E-state index is 3.70. The van der Waals surface area contributed by atoms with Gasteiger partial charge in [-0.25, -0.2) is 0 Å². The average Bonchev–Trinajstić information content (AvgIpc) is 2.82. The molecule has 2 atom stereocenters. The number of hydrogen-bond donors (Lipinski definition) is 1. The van der Waals surface area contributed by atoms with Crippen molar-refractivity contribution in [1.82, 2.24) is 5.32 Å². The first-order chi connectivity index (χ1) is 7.05. The molecule has 0 amide bonds. The topological polar surface area (TPSA) is 12.0 Å². The van der Waals surface area contributed by atoms with Crippen molar-refractivity contribution in [3.8, 4) is 0 Å². The average molecular weight is 211 g/mol. The minimum atomic E-state index is 0.610. The molecule has 0 aromatic heterocycles. The van der Waals surface area contributed by atoms with Crippen molar-refractivity contribution in [2.45, 2.75) is 66.3 Å². The molecule has 0 aromatic carbocycles. The van der Waals surface area contributed by atoms with E-state index < -0.39 is 0 Å².